The van der Waals surface area contributed by atoms with Crippen molar-refractivity contribution >= 4 is 11.8 Å². The molecule has 0 radical (unpaired) electrons. The molecule has 0 aromatic heterocycles. The van der Waals surface area contributed by atoms with E-state index < -0.39 is 0 Å². The van der Waals surface area contributed by atoms with Crippen molar-refractivity contribution in [1.82, 2.24) is 0 Å². The molecule has 4 rings (SSSR count). The van der Waals surface area contributed by atoms with Crippen LogP contribution in [0.3, 0.4) is 0 Å². The van der Waals surface area contributed by atoms with E-state index in [4.69, 9.17) is 4.74 Å². The first-order chi connectivity index (χ1) is 12.6. The largest absolute Gasteiger partial charge is 0.465 e. The normalized spacial score (nSPS) is 21.4. The van der Waals surface area contributed by atoms with E-state index in [0.29, 0.717) is 24.2 Å². The fraction of sp³-hybridized carbons (Fsp3) is 0.304. The van der Waals surface area contributed by atoms with Gasteiger partial charge in [0.15, 0.2) is 0 Å². The van der Waals surface area contributed by atoms with E-state index >= 15 is 0 Å². The maximum atomic E-state index is 12.1. The van der Waals surface area contributed by atoms with Crippen molar-refractivity contribution in [2.45, 2.75) is 37.5 Å². The summed E-state index contributed by atoms with van der Waals surface area (Å²) in [4.78, 5) is 24.0. The Morgan fingerprint density at radius 2 is 1.96 bits per heavy atom. The Balaban J connectivity index is 1.82. The molecular formula is C23H22O3. The zero-order chi connectivity index (χ0) is 18.1. The summed E-state index contributed by atoms with van der Waals surface area (Å²) in [5.74, 6) is 0.0214. The molecule has 0 N–H and O–H groups in total. The Hall–Kier alpha value is -2.68. The predicted molar refractivity (Wildman–Crippen MR) is 100 cm³/mol. The zero-order valence-corrected chi connectivity index (χ0v) is 15.0. The molecule has 1 saturated carbocycles. The number of ketones is 1. The molecule has 2 aromatic rings. The average Bonchev–Trinajstić information content (AvgIpc) is 2.68. The molecular weight excluding hydrogens is 324 g/mol. The van der Waals surface area contributed by atoms with Crippen molar-refractivity contribution in [3.63, 3.8) is 0 Å². The lowest BCUT2D eigenvalue weighted by Crippen LogP contribution is -2.39. The molecule has 0 saturated heterocycles. The second-order valence-electron chi connectivity index (χ2n) is 7.26. The Labute approximate surface area is 153 Å². The first-order valence-electron chi connectivity index (χ1n) is 9.09. The Morgan fingerprint density at radius 3 is 2.73 bits per heavy atom. The maximum Gasteiger partial charge on any atom is 0.337 e. The van der Waals surface area contributed by atoms with Crippen molar-refractivity contribution in [3.05, 3.63) is 82.4 Å². The lowest BCUT2D eigenvalue weighted by molar-refractivity contribution is -0.119. The van der Waals surface area contributed by atoms with E-state index in [9.17, 15) is 9.59 Å². The second kappa shape index (κ2) is 6.56. The lowest BCUT2D eigenvalue weighted by atomic mass is 9.59. The molecule has 3 heteroatoms. The molecule has 0 spiro atoms. The first kappa shape index (κ1) is 16.8. The Kier molecular flexibility index (Phi) is 4.23. The highest BCUT2D eigenvalue weighted by molar-refractivity contribution is 5.90. The molecule has 1 atom stereocenters. The van der Waals surface area contributed by atoms with Crippen LogP contribution in [0.5, 0.6) is 0 Å². The summed E-state index contributed by atoms with van der Waals surface area (Å²) >= 11 is 0. The van der Waals surface area contributed by atoms with E-state index in [0.717, 1.165) is 19.3 Å². The minimum Gasteiger partial charge on any atom is -0.465 e. The molecule has 0 aliphatic heterocycles. The summed E-state index contributed by atoms with van der Waals surface area (Å²) in [5, 5.41) is 0. The van der Waals surface area contributed by atoms with Crippen LogP contribution in [-0.2, 0) is 27.8 Å². The van der Waals surface area contributed by atoms with E-state index in [-0.39, 0.29) is 11.4 Å². The van der Waals surface area contributed by atoms with E-state index in [1.54, 1.807) is 0 Å². The standard InChI is InChI=1S/C23H22O3/c1-26-22(25)18-8-10-21-17(13-18)7-9-19-14-20(24)11-12-23(19,21)15-16-5-3-2-4-6-16/h2-6,8-10,13H,7,11-12,14-15H2,1H3/t23-/m0/s1. The third-order valence-corrected chi connectivity index (χ3v) is 5.79. The molecule has 2 aliphatic carbocycles. The number of ether oxygens (including phenoxy) is 1. The SMILES string of the molecule is COC(=O)c1ccc2c(c1)CC=C1CC(=O)CC[C@]12Cc1ccccc1. The highest BCUT2D eigenvalue weighted by Gasteiger charge is 2.43. The summed E-state index contributed by atoms with van der Waals surface area (Å²) in [7, 11) is 1.41. The number of hydrogen-bond donors (Lipinski definition) is 0. The van der Waals surface area contributed by atoms with Gasteiger partial charge in [0.05, 0.1) is 12.7 Å². The molecule has 0 heterocycles. The van der Waals surface area contributed by atoms with Crippen LogP contribution in [0.25, 0.3) is 0 Å². The number of carbonyl (C=O) groups is 2. The van der Waals surface area contributed by atoms with Gasteiger partial charge in [0.1, 0.15) is 5.78 Å². The third kappa shape index (κ3) is 2.78. The van der Waals surface area contributed by atoms with E-state index in [1.165, 1.54) is 29.4 Å². The molecule has 0 amide bonds. The van der Waals surface area contributed by atoms with Crippen LogP contribution in [0.4, 0.5) is 0 Å². The molecule has 0 bridgehead atoms. The minimum atomic E-state index is -0.307. The number of hydrogen-bond acceptors (Lipinski definition) is 3. The highest BCUT2D eigenvalue weighted by atomic mass is 16.5. The van der Waals surface area contributed by atoms with Gasteiger partial charge < -0.3 is 4.74 Å². The van der Waals surface area contributed by atoms with Gasteiger partial charge in [-0.2, -0.15) is 0 Å². The van der Waals surface area contributed by atoms with Crippen molar-refractivity contribution in [3.8, 4) is 0 Å². The first-order valence-corrected chi connectivity index (χ1v) is 9.09. The third-order valence-electron chi connectivity index (χ3n) is 5.79. The number of rotatable bonds is 3. The summed E-state index contributed by atoms with van der Waals surface area (Å²) in [6.07, 6.45) is 5.85. The minimum absolute atomic E-state index is 0.141. The molecule has 0 unspecified atom stereocenters. The van der Waals surface area contributed by atoms with E-state index in [1.807, 2.05) is 18.2 Å². The van der Waals surface area contributed by atoms with Gasteiger partial charge in [-0.15, -0.1) is 0 Å². The number of fused-ring (bicyclic) bond motifs is 3. The molecule has 26 heavy (non-hydrogen) atoms. The highest BCUT2D eigenvalue weighted by Crippen LogP contribution is 2.48. The average molecular weight is 346 g/mol. The topological polar surface area (TPSA) is 43.4 Å². The van der Waals surface area contributed by atoms with Gasteiger partial charge in [0.25, 0.3) is 0 Å². The molecule has 132 valence electrons. The number of allylic oxidation sites excluding steroid dienone is 2. The van der Waals surface area contributed by atoms with Crippen LogP contribution in [0.2, 0.25) is 0 Å². The van der Waals surface area contributed by atoms with Crippen molar-refractivity contribution in [1.29, 1.82) is 0 Å². The van der Waals surface area contributed by atoms with Gasteiger partial charge in [-0.1, -0.05) is 48.0 Å². The van der Waals surface area contributed by atoms with Crippen molar-refractivity contribution < 1.29 is 14.3 Å². The van der Waals surface area contributed by atoms with Gasteiger partial charge in [-0.25, -0.2) is 4.79 Å². The van der Waals surface area contributed by atoms with E-state index in [2.05, 4.69) is 36.4 Å². The van der Waals surface area contributed by atoms with Gasteiger partial charge in [-0.3, -0.25) is 4.79 Å². The molecule has 1 fully saturated rings. The summed E-state index contributed by atoms with van der Waals surface area (Å²) in [6, 6.07) is 16.3. The number of Topliss-reactive ketones (excluding diaryl/α,β-unsaturated/α-hetero) is 1. The van der Waals surface area contributed by atoms with Gasteiger partial charge >= 0.3 is 5.97 Å². The van der Waals surface area contributed by atoms with Crippen LogP contribution in [0.1, 0.15) is 46.3 Å². The Bertz CT molecular complexity index is 895. The predicted octanol–water partition coefficient (Wildman–Crippen LogP) is 4.19. The smallest absolute Gasteiger partial charge is 0.337 e. The van der Waals surface area contributed by atoms with Crippen molar-refractivity contribution in [2.24, 2.45) is 0 Å². The second-order valence-corrected chi connectivity index (χ2v) is 7.26. The summed E-state index contributed by atoms with van der Waals surface area (Å²) in [5.41, 5.74) is 5.40. The van der Waals surface area contributed by atoms with Gasteiger partial charge in [0.2, 0.25) is 0 Å². The Morgan fingerprint density at radius 1 is 1.15 bits per heavy atom. The van der Waals surface area contributed by atoms with Crippen molar-refractivity contribution in [2.75, 3.05) is 7.11 Å². The summed E-state index contributed by atoms with van der Waals surface area (Å²) < 4.78 is 4.87. The number of carbonyl (C=O) groups excluding carboxylic acids is 2. The number of methoxy groups -OCH3 is 1. The van der Waals surface area contributed by atoms with Crippen LogP contribution < -0.4 is 0 Å². The fourth-order valence-corrected chi connectivity index (χ4v) is 4.51. The lowest BCUT2D eigenvalue weighted by Gasteiger charge is -2.44. The zero-order valence-electron chi connectivity index (χ0n) is 15.0. The summed E-state index contributed by atoms with van der Waals surface area (Å²) in [6.45, 7) is 0. The maximum absolute atomic E-state index is 12.1. The number of esters is 1. The van der Waals surface area contributed by atoms with Crippen LogP contribution in [-0.4, -0.2) is 18.9 Å². The quantitative estimate of drug-likeness (QED) is 0.618. The molecule has 3 nitrogen and oxygen atoms in total. The van der Waals surface area contributed by atoms with Crippen LogP contribution in [0, 0.1) is 0 Å². The monoisotopic (exact) mass is 346 g/mol. The number of benzene rings is 2. The van der Waals surface area contributed by atoms with Gasteiger partial charge in [0, 0.05) is 18.3 Å². The van der Waals surface area contributed by atoms with Gasteiger partial charge in [-0.05, 0) is 48.1 Å². The van der Waals surface area contributed by atoms with Crippen LogP contribution >= 0.6 is 0 Å². The van der Waals surface area contributed by atoms with Crippen LogP contribution in [0.15, 0.2) is 60.2 Å². The fourth-order valence-electron chi connectivity index (χ4n) is 4.51. The molecule has 2 aromatic carbocycles. The molecule has 2 aliphatic rings.